The fourth-order valence-electron chi connectivity index (χ4n) is 2.02. The highest BCUT2D eigenvalue weighted by atomic mass is 32.2. The second-order valence-corrected chi connectivity index (χ2v) is 7.33. The molecular formula is C14H13NO4S2. The van der Waals surface area contributed by atoms with Gasteiger partial charge in [0.1, 0.15) is 4.21 Å². The summed E-state index contributed by atoms with van der Waals surface area (Å²) in [6.07, 6.45) is 1.55. The Hall–Kier alpha value is -1.99. The Bertz CT molecular complexity index is 753. The van der Waals surface area contributed by atoms with Crippen LogP contribution in [0.3, 0.4) is 0 Å². The number of hydrogen-bond donors (Lipinski definition) is 0. The van der Waals surface area contributed by atoms with Gasteiger partial charge < -0.3 is 9.47 Å². The van der Waals surface area contributed by atoms with E-state index >= 15 is 0 Å². The van der Waals surface area contributed by atoms with Crippen molar-refractivity contribution in [2.45, 2.75) is 4.21 Å². The minimum absolute atomic E-state index is 0.151. The van der Waals surface area contributed by atoms with Crippen molar-refractivity contribution in [2.75, 3.05) is 17.6 Å². The highest BCUT2D eigenvalue weighted by Gasteiger charge is 2.26. The summed E-state index contributed by atoms with van der Waals surface area (Å²) in [7, 11) is -3.61. The molecule has 1 aliphatic rings. The first-order valence-corrected chi connectivity index (χ1v) is 8.51. The molecule has 0 spiro atoms. The number of nitrogens with zero attached hydrogens (tertiary/aromatic N) is 1. The van der Waals surface area contributed by atoms with Gasteiger partial charge in [-0.3, -0.25) is 4.31 Å². The fraction of sp³-hybridized carbons (Fsp3) is 0.143. The smallest absolute Gasteiger partial charge is 0.274 e. The van der Waals surface area contributed by atoms with Crippen LogP contribution < -0.4 is 13.8 Å². The van der Waals surface area contributed by atoms with E-state index in [4.69, 9.17) is 9.47 Å². The van der Waals surface area contributed by atoms with Gasteiger partial charge in [0.2, 0.25) is 6.79 Å². The molecule has 0 fully saturated rings. The Morgan fingerprint density at radius 2 is 2.10 bits per heavy atom. The van der Waals surface area contributed by atoms with Crippen LogP contribution >= 0.6 is 11.3 Å². The predicted octanol–water partition coefficient (Wildman–Crippen LogP) is 2.86. The molecule has 5 nitrogen and oxygen atoms in total. The van der Waals surface area contributed by atoms with Crippen LogP contribution in [-0.4, -0.2) is 21.8 Å². The largest absolute Gasteiger partial charge is 0.454 e. The number of thiophene rings is 1. The highest BCUT2D eigenvalue weighted by Crippen LogP contribution is 2.37. The number of sulfonamides is 1. The molecule has 0 N–H and O–H groups in total. The molecule has 0 aliphatic carbocycles. The summed E-state index contributed by atoms with van der Waals surface area (Å²) in [6, 6.07) is 8.36. The third-order valence-electron chi connectivity index (χ3n) is 2.98. The second kappa shape index (κ2) is 5.42. The summed E-state index contributed by atoms with van der Waals surface area (Å²) in [5, 5.41) is 1.73. The molecule has 0 atom stereocenters. The Labute approximate surface area is 127 Å². The van der Waals surface area contributed by atoms with Crippen LogP contribution in [0.5, 0.6) is 11.5 Å². The van der Waals surface area contributed by atoms with Crippen LogP contribution in [0.25, 0.3) is 0 Å². The SMILES string of the molecule is C=CCN(c1ccc2c(c1)OCO2)S(=O)(=O)c1cccs1. The number of hydrogen-bond acceptors (Lipinski definition) is 5. The lowest BCUT2D eigenvalue weighted by molar-refractivity contribution is 0.174. The minimum atomic E-state index is -3.61. The lowest BCUT2D eigenvalue weighted by Crippen LogP contribution is -2.30. The van der Waals surface area contributed by atoms with Crippen molar-refractivity contribution in [1.29, 1.82) is 0 Å². The molecule has 1 aromatic carbocycles. The standard InChI is InChI=1S/C14H13NO4S2/c1-2-7-15(21(16,17)14-4-3-8-20-14)11-5-6-12-13(9-11)19-10-18-12/h2-6,8-9H,1,7,10H2. The van der Waals surface area contributed by atoms with Crippen LogP contribution in [-0.2, 0) is 10.0 Å². The van der Waals surface area contributed by atoms with Crippen LogP contribution in [0.2, 0.25) is 0 Å². The summed E-state index contributed by atoms with van der Waals surface area (Å²) in [5.74, 6) is 1.16. The molecule has 0 unspecified atom stereocenters. The van der Waals surface area contributed by atoms with Crippen LogP contribution in [0.15, 0.2) is 52.6 Å². The van der Waals surface area contributed by atoms with Crippen LogP contribution in [0.4, 0.5) is 5.69 Å². The van der Waals surface area contributed by atoms with Gasteiger partial charge in [-0.1, -0.05) is 12.1 Å². The maximum absolute atomic E-state index is 12.7. The first-order chi connectivity index (χ1) is 10.1. The van der Waals surface area contributed by atoms with Crippen molar-refractivity contribution in [1.82, 2.24) is 0 Å². The molecule has 0 radical (unpaired) electrons. The Morgan fingerprint density at radius 3 is 2.81 bits per heavy atom. The monoisotopic (exact) mass is 323 g/mol. The van der Waals surface area contributed by atoms with Gasteiger partial charge in [-0.05, 0) is 23.6 Å². The van der Waals surface area contributed by atoms with Gasteiger partial charge >= 0.3 is 0 Å². The zero-order valence-electron chi connectivity index (χ0n) is 11.1. The average Bonchev–Trinajstić information content (AvgIpc) is 3.14. The molecule has 21 heavy (non-hydrogen) atoms. The number of anilines is 1. The predicted molar refractivity (Wildman–Crippen MR) is 81.6 cm³/mol. The molecular weight excluding hydrogens is 310 g/mol. The van der Waals surface area contributed by atoms with E-state index < -0.39 is 10.0 Å². The molecule has 0 amide bonds. The zero-order valence-corrected chi connectivity index (χ0v) is 12.7. The topological polar surface area (TPSA) is 55.8 Å². The number of rotatable bonds is 5. The third-order valence-corrected chi connectivity index (χ3v) is 6.15. The molecule has 110 valence electrons. The third kappa shape index (κ3) is 2.50. The first-order valence-electron chi connectivity index (χ1n) is 6.20. The van der Waals surface area contributed by atoms with E-state index in [0.29, 0.717) is 21.4 Å². The summed E-state index contributed by atoms with van der Waals surface area (Å²) in [6.45, 7) is 3.97. The summed E-state index contributed by atoms with van der Waals surface area (Å²) in [4.78, 5) is 0. The van der Waals surface area contributed by atoms with E-state index in [1.54, 1.807) is 41.8 Å². The van der Waals surface area contributed by atoms with E-state index in [2.05, 4.69) is 6.58 Å². The van der Waals surface area contributed by atoms with Gasteiger partial charge in [-0.2, -0.15) is 0 Å². The van der Waals surface area contributed by atoms with E-state index in [1.165, 1.54) is 15.6 Å². The summed E-state index contributed by atoms with van der Waals surface area (Å²) >= 11 is 1.18. The van der Waals surface area contributed by atoms with E-state index in [0.717, 1.165) is 0 Å². The van der Waals surface area contributed by atoms with Crippen molar-refractivity contribution in [2.24, 2.45) is 0 Å². The first kappa shape index (κ1) is 14.0. The maximum atomic E-state index is 12.7. The van der Waals surface area contributed by atoms with E-state index in [1.807, 2.05) is 0 Å². The van der Waals surface area contributed by atoms with E-state index in [-0.39, 0.29) is 13.3 Å². The van der Waals surface area contributed by atoms with Crippen molar-refractivity contribution >= 4 is 27.0 Å². The lowest BCUT2D eigenvalue weighted by Gasteiger charge is -2.22. The zero-order chi connectivity index (χ0) is 14.9. The summed E-state index contributed by atoms with van der Waals surface area (Å²) < 4.78 is 37.5. The molecule has 1 aliphatic heterocycles. The van der Waals surface area contributed by atoms with E-state index in [9.17, 15) is 8.42 Å². The van der Waals surface area contributed by atoms with Crippen LogP contribution in [0, 0.1) is 0 Å². The van der Waals surface area contributed by atoms with Crippen molar-refractivity contribution in [3.05, 3.63) is 48.4 Å². The molecule has 0 bridgehead atoms. The number of benzene rings is 1. The van der Waals surface area contributed by atoms with Crippen molar-refractivity contribution in [3.63, 3.8) is 0 Å². The quantitative estimate of drug-likeness (QED) is 0.794. The van der Waals surface area contributed by atoms with Crippen LogP contribution in [0.1, 0.15) is 0 Å². The number of ether oxygens (including phenoxy) is 2. The van der Waals surface area contributed by atoms with Crippen molar-refractivity contribution in [3.8, 4) is 11.5 Å². The van der Waals surface area contributed by atoms with Gasteiger partial charge in [-0.25, -0.2) is 8.42 Å². The van der Waals surface area contributed by atoms with Gasteiger partial charge in [0, 0.05) is 6.07 Å². The Morgan fingerprint density at radius 1 is 1.29 bits per heavy atom. The lowest BCUT2D eigenvalue weighted by atomic mass is 10.3. The Kier molecular flexibility index (Phi) is 3.60. The molecule has 7 heteroatoms. The van der Waals surface area contributed by atoms with Gasteiger partial charge in [0.05, 0.1) is 12.2 Å². The average molecular weight is 323 g/mol. The summed E-state index contributed by atoms with van der Waals surface area (Å²) in [5.41, 5.74) is 0.521. The molecule has 0 saturated carbocycles. The van der Waals surface area contributed by atoms with Gasteiger partial charge in [-0.15, -0.1) is 17.9 Å². The highest BCUT2D eigenvalue weighted by molar-refractivity contribution is 7.94. The molecule has 0 saturated heterocycles. The minimum Gasteiger partial charge on any atom is -0.454 e. The second-order valence-electron chi connectivity index (χ2n) is 4.29. The van der Waals surface area contributed by atoms with Gasteiger partial charge in [0.15, 0.2) is 11.5 Å². The fourth-order valence-corrected chi connectivity index (χ4v) is 4.55. The van der Waals surface area contributed by atoms with Crippen molar-refractivity contribution < 1.29 is 17.9 Å². The molecule has 2 aromatic rings. The normalized spacial score (nSPS) is 13.1. The molecule has 2 heterocycles. The Balaban J connectivity index is 2.04. The molecule has 1 aromatic heterocycles. The van der Waals surface area contributed by atoms with Gasteiger partial charge in [0.25, 0.3) is 10.0 Å². The maximum Gasteiger partial charge on any atom is 0.274 e. The number of fused-ring (bicyclic) bond motifs is 1. The molecule has 3 rings (SSSR count).